The van der Waals surface area contributed by atoms with Crippen LogP contribution in [0.15, 0.2) is 30.5 Å². The highest BCUT2D eigenvalue weighted by molar-refractivity contribution is 6.23. The molecule has 0 unspecified atom stereocenters. The van der Waals surface area contributed by atoms with E-state index in [1.807, 2.05) is 0 Å². The topological polar surface area (TPSA) is 104 Å². The molecular formula is C22H21F3N4O4. The number of carbonyl (C=O) groups is 3. The van der Waals surface area contributed by atoms with Crippen LogP contribution < -0.4 is 10.2 Å². The zero-order valence-electron chi connectivity index (χ0n) is 18.0. The molecule has 3 fully saturated rings. The van der Waals surface area contributed by atoms with Crippen molar-refractivity contribution in [2.75, 3.05) is 4.90 Å². The number of ether oxygens (including phenoxy) is 1. The highest BCUT2D eigenvalue weighted by atomic mass is 19.4. The fourth-order valence-electron chi connectivity index (χ4n) is 5.68. The van der Waals surface area contributed by atoms with E-state index in [2.05, 4.69) is 15.5 Å². The predicted octanol–water partition coefficient (Wildman–Crippen LogP) is 2.59. The molecular weight excluding hydrogens is 441 g/mol. The van der Waals surface area contributed by atoms with Gasteiger partial charge in [0.2, 0.25) is 11.8 Å². The van der Waals surface area contributed by atoms with Crippen LogP contribution in [0.1, 0.15) is 41.9 Å². The summed E-state index contributed by atoms with van der Waals surface area (Å²) in [6.45, 7) is 4.67. The van der Waals surface area contributed by atoms with Gasteiger partial charge in [-0.2, -0.15) is 18.3 Å². The van der Waals surface area contributed by atoms with Crippen molar-refractivity contribution < 1.29 is 32.3 Å². The first-order valence-electron chi connectivity index (χ1n) is 10.4. The van der Waals surface area contributed by atoms with Gasteiger partial charge in [-0.05, 0) is 44.5 Å². The van der Waals surface area contributed by atoms with Gasteiger partial charge in [0.1, 0.15) is 5.69 Å². The van der Waals surface area contributed by atoms with E-state index in [4.69, 9.17) is 4.74 Å². The zero-order valence-corrected chi connectivity index (χ0v) is 18.0. The minimum atomic E-state index is -4.62. The molecule has 2 aromatic rings. The number of rotatable bonds is 3. The number of alkyl halides is 3. The average molecular weight is 462 g/mol. The van der Waals surface area contributed by atoms with Crippen molar-refractivity contribution >= 4 is 23.4 Å². The molecule has 1 aromatic heterocycles. The summed E-state index contributed by atoms with van der Waals surface area (Å²) >= 11 is 0. The van der Waals surface area contributed by atoms with Gasteiger partial charge in [-0.3, -0.25) is 19.5 Å². The van der Waals surface area contributed by atoms with Gasteiger partial charge in [0.15, 0.2) is 0 Å². The van der Waals surface area contributed by atoms with Gasteiger partial charge in [-0.25, -0.2) is 4.90 Å². The Bertz CT molecular complexity index is 1180. The van der Waals surface area contributed by atoms with Crippen molar-refractivity contribution in [1.29, 1.82) is 0 Å². The molecule has 0 saturated carbocycles. The van der Waals surface area contributed by atoms with E-state index < -0.39 is 58.5 Å². The molecule has 2 N–H and O–H groups in total. The molecule has 0 radical (unpaired) electrons. The number of hydrogen-bond donors (Lipinski definition) is 2. The third-order valence-electron chi connectivity index (χ3n) is 7.16. The number of aromatic nitrogens is 2. The molecule has 11 heteroatoms. The lowest BCUT2D eigenvalue weighted by atomic mass is 9.66. The number of carbonyl (C=O) groups excluding carboxylic acids is 3. The van der Waals surface area contributed by atoms with Crippen molar-refractivity contribution in [3.05, 3.63) is 47.3 Å². The zero-order chi connectivity index (χ0) is 23.9. The standard InChI is InChI=1S/C22H21F3N4O4/c1-10-4-5-11(8-12(10)22(23,24)25)29-18(31)15-16(19(29)32)21(3)14(9-20(15,2)33-21)27-17(30)13-6-7-26-28-13/h4-8,14-16H,9H2,1-3H3,(H,26,28)(H,27,30)/t14-,15-,16+,20-,21+/m0/s1. The van der Waals surface area contributed by atoms with Crippen molar-refractivity contribution in [1.82, 2.24) is 15.5 Å². The molecule has 0 aliphatic carbocycles. The van der Waals surface area contributed by atoms with Crippen LogP contribution in [0.3, 0.4) is 0 Å². The number of nitrogens with zero attached hydrogens (tertiary/aromatic N) is 2. The quantitative estimate of drug-likeness (QED) is 0.683. The Balaban J connectivity index is 1.49. The number of halogens is 3. The van der Waals surface area contributed by atoms with E-state index in [0.29, 0.717) is 0 Å². The fraction of sp³-hybridized carbons (Fsp3) is 0.455. The Morgan fingerprint density at radius 2 is 1.91 bits per heavy atom. The highest BCUT2D eigenvalue weighted by Crippen LogP contribution is 2.61. The maximum atomic E-state index is 13.5. The van der Waals surface area contributed by atoms with E-state index in [-0.39, 0.29) is 23.4 Å². The van der Waals surface area contributed by atoms with E-state index in [1.54, 1.807) is 13.8 Å². The second kappa shape index (κ2) is 6.66. The van der Waals surface area contributed by atoms with Gasteiger partial charge in [0, 0.05) is 12.6 Å². The maximum Gasteiger partial charge on any atom is 0.416 e. The summed E-state index contributed by atoms with van der Waals surface area (Å²) in [6.07, 6.45) is -2.85. The molecule has 5 atom stereocenters. The molecule has 174 valence electrons. The van der Waals surface area contributed by atoms with E-state index in [1.165, 1.54) is 31.3 Å². The molecule has 0 spiro atoms. The van der Waals surface area contributed by atoms with Crippen molar-refractivity contribution in [3.63, 3.8) is 0 Å². The summed E-state index contributed by atoms with van der Waals surface area (Å²) in [6, 6.07) is 4.32. The monoisotopic (exact) mass is 462 g/mol. The third kappa shape index (κ3) is 2.94. The summed E-state index contributed by atoms with van der Waals surface area (Å²) in [4.78, 5) is 40.2. The smallest absolute Gasteiger partial charge is 0.365 e. The summed E-state index contributed by atoms with van der Waals surface area (Å²) in [5.74, 6) is -3.48. The van der Waals surface area contributed by atoms with Gasteiger partial charge in [-0.15, -0.1) is 0 Å². The summed E-state index contributed by atoms with van der Waals surface area (Å²) < 4.78 is 46.5. The summed E-state index contributed by atoms with van der Waals surface area (Å²) in [5.41, 5.74) is -3.13. The van der Waals surface area contributed by atoms with Gasteiger partial charge in [0.25, 0.3) is 5.91 Å². The number of H-pyrrole nitrogens is 1. The molecule has 2 bridgehead atoms. The van der Waals surface area contributed by atoms with Crippen molar-refractivity contribution in [2.24, 2.45) is 11.8 Å². The van der Waals surface area contributed by atoms with Crippen LogP contribution in [0, 0.1) is 18.8 Å². The van der Waals surface area contributed by atoms with Crippen molar-refractivity contribution in [3.8, 4) is 0 Å². The first-order chi connectivity index (χ1) is 15.4. The number of imide groups is 1. The first kappa shape index (κ1) is 21.6. The van der Waals surface area contributed by atoms with Crippen LogP contribution >= 0.6 is 0 Å². The van der Waals surface area contributed by atoms with E-state index >= 15 is 0 Å². The predicted molar refractivity (Wildman–Crippen MR) is 108 cm³/mol. The van der Waals surface area contributed by atoms with E-state index in [9.17, 15) is 27.6 Å². The van der Waals surface area contributed by atoms with Crippen LogP contribution in [-0.2, 0) is 20.5 Å². The number of aryl methyl sites for hydroxylation is 1. The Kier molecular flexibility index (Phi) is 4.36. The number of amides is 3. The van der Waals surface area contributed by atoms with Gasteiger partial charge < -0.3 is 10.1 Å². The molecule has 8 nitrogen and oxygen atoms in total. The van der Waals surface area contributed by atoms with Crippen LogP contribution in [0.2, 0.25) is 0 Å². The Labute approximate surface area is 186 Å². The highest BCUT2D eigenvalue weighted by Gasteiger charge is 2.76. The second-order valence-electron chi connectivity index (χ2n) is 9.25. The van der Waals surface area contributed by atoms with Crippen LogP contribution in [-0.4, -0.2) is 45.2 Å². The molecule has 3 saturated heterocycles. The van der Waals surface area contributed by atoms with E-state index in [0.717, 1.165) is 11.0 Å². The van der Waals surface area contributed by atoms with Gasteiger partial charge >= 0.3 is 6.18 Å². The number of aromatic amines is 1. The lowest BCUT2D eigenvalue weighted by Gasteiger charge is -2.35. The van der Waals surface area contributed by atoms with Gasteiger partial charge in [0.05, 0.1) is 40.3 Å². The molecule has 5 rings (SSSR count). The number of nitrogens with one attached hydrogen (secondary N) is 2. The number of hydrogen-bond acceptors (Lipinski definition) is 5. The lowest BCUT2D eigenvalue weighted by Crippen LogP contribution is -2.56. The molecule has 1 aromatic carbocycles. The molecule has 3 aliphatic heterocycles. The largest absolute Gasteiger partial charge is 0.416 e. The average Bonchev–Trinajstić information content (AvgIpc) is 3.43. The molecule has 3 amide bonds. The minimum Gasteiger partial charge on any atom is -0.365 e. The maximum absolute atomic E-state index is 13.5. The summed E-state index contributed by atoms with van der Waals surface area (Å²) in [7, 11) is 0. The Morgan fingerprint density at radius 3 is 2.55 bits per heavy atom. The molecule has 33 heavy (non-hydrogen) atoms. The van der Waals surface area contributed by atoms with Crippen LogP contribution in [0.25, 0.3) is 0 Å². The normalized spacial score (nSPS) is 33.0. The Hall–Kier alpha value is -3.21. The van der Waals surface area contributed by atoms with Crippen molar-refractivity contribution in [2.45, 2.75) is 50.6 Å². The van der Waals surface area contributed by atoms with Crippen LogP contribution in [0.4, 0.5) is 18.9 Å². The van der Waals surface area contributed by atoms with Crippen LogP contribution in [0.5, 0.6) is 0 Å². The second-order valence-corrected chi connectivity index (χ2v) is 9.25. The number of anilines is 1. The first-order valence-corrected chi connectivity index (χ1v) is 10.4. The van der Waals surface area contributed by atoms with Gasteiger partial charge in [-0.1, -0.05) is 6.07 Å². The third-order valence-corrected chi connectivity index (χ3v) is 7.16. The molecule has 3 aliphatic rings. The number of fused-ring (bicyclic) bond motifs is 5. The molecule has 4 heterocycles. The summed E-state index contributed by atoms with van der Waals surface area (Å²) in [5, 5.41) is 9.23. The number of benzene rings is 1. The Morgan fingerprint density at radius 1 is 1.21 bits per heavy atom. The SMILES string of the molecule is Cc1ccc(N2C(=O)[C@@H]3[C@H](C2=O)[C@]2(C)O[C@@]3(C)C[C@@H]2NC(=O)c2cc[nH]n2)cc1C(F)(F)F. The lowest BCUT2D eigenvalue weighted by molar-refractivity contribution is -0.138. The minimum absolute atomic E-state index is 0.00555. The fourth-order valence-corrected chi connectivity index (χ4v) is 5.68.